The van der Waals surface area contributed by atoms with Crippen molar-refractivity contribution in [3.05, 3.63) is 17.7 Å². The van der Waals surface area contributed by atoms with Crippen molar-refractivity contribution in [3.8, 4) is 0 Å². The second kappa shape index (κ2) is 5.97. The monoisotopic (exact) mass is 291 g/mol. The molecule has 21 heavy (non-hydrogen) atoms. The fourth-order valence-electron chi connectivity index (χ4n) is 2.69. The predicted octanol–water partition coefficient (Wildman–Crippen LogP) is 2.15. The number of anilines is 1. The molecule has 0 aromatic carbocycles. The molecule has 0 saturated carbocycles. The van der Waals surface area contributed by atoms with Crippen LogP contribution in [0.4, 0.5) is 5.69 Å². The summed E-state index contributed by atoms with van der Waals surface area (Å²) in [4.78, 5) is 23.3. The third-order valence-electron chi connectivity index (χ3n) is 3.87. The first-order valence-electron chi connectivity index (χ1n) is 7.47. The smallest absolute Gasteiger partial charge is 0.274 e. The quantitative estimate of drug-likeness (QED) is 0.658. The van der Waals surface area contributed by atoms with E-state index in [0.717, 1.165) is 25.9 Å². The maximum atomic E-state index is 12.8. The van der Waals surface area contributed by atoms with Gasteiger partial charge in [0.05, 0.1) is 11.9 Å². The van der Waals surface area contributed by atoms with Crippen molar-refractivity contribution in [1.29, 1.82) is 0 Å². The number of piperidine rings is 1. The Balaban J connectivity index is 2.31. The number of carbonyl (C=O) groups is 1. The summed E-state index contributed by atoms with van der Waals surface area (Å²) in [6, 6.07) is 0. The summed E-state index contributed by atoms with van der Waals surface area (Å²) in [7, 11) is 0. The van der Waals surface area contributed by atoms with Gasteiger partial charge in [-0.2, -0.15) is 0 Å². The van der Waals surface area contributed by atoms with Crippen LogP contribution in [-0.4, -0.2) is 33.9 Å². The number of amides is 1. The van der Waals surface area contributed by atoms with E-state index in [-0.39, 0.29) is 17.2 Å². The molecule has 1 aliphatic rings. The van der Waals surface area contributed by atoms with Crippen LogP contribution in [-0.2, 0) is 0 Å². The Hall–Kier alpha value is -1.69. The van der Waals surface area contributed by atoms with Crippen molar-refractivity contribution >= 4 is 11.6 Å². The fourth-order valence-corrected chi connectivity index (χ4v) is 2.69. The van der Waals surface area contributed by atoms with Gasteiger partial charge >= 0.3 is 0 Å². The van der Waals surface area contributed by atoms with Crippen molar-refractivity contribution in [1.82, 2.24) is 14.9 Å². The van der Waals surface area contributed by atoms with Gasteiger partial charge in [0.15, 0.2) is 5.69 Å². The third kappa shape index (κ3) is 3.50. The number of nitrogens with one attached hydrogen (secondary N) is 1. The van der Waals surface area contributed by atoms with Crippen molar-refractivity contribution in [3.63, 3.8) is 0 Å². The van der Waals surface area contributed by atoms with Crippen LogP contribution in [0.25, 0.3) is 0 Å². The van der Waals surface area contributed by atoms with Crippen LogP contribution in [0.5, 0.6) is 0 Å². The summed E-state index contributed by atoms with van der Waals surface area (Å²) >= 11 is 0. The van der Waals surface area contributed by atoms with E-state index < -0.39 is 0 Å². The van der Waals surface area contributed by atoms with Crippen LogP contribution in [0.15, 0.2) is 6.20 Å². The van der Waals surface area contributed by atoms with E-state index in [1.54, 1.807) is 6.20 Å². The minimum atomic E-state index is -0.0694. The van der Waals surface area contributed by atoms with Gasteiger partial charge in [-0.1, -0.05) is 27.7 Å². The minimum absolute atomic E-state index is 0.0694. The van der Waals surface area contributed by atoms with Crippen LogP contribution in [0.1, 0.15) is 62.8 Å². The fraction of sp³-hybridized carbons (Fsp3) is 0.667. The maximum Gasteiger partial charge on any atom is 0.274 e. The average molecular weight is 291 g/mol. The Labute approximate surface area is 126 Å². The number of carbonyl (C=O) groups excluding carboxylic acids is 1. The molecule has 3 N–H and O–H groups in total. The van der Waals surface area contributed by atoms with Crippen molar-refractivity contribution in [2.45, 2.75) is 46.5 Å². The van der Waals surface area contributed by atoms with E-state index in [9.17, 15) is 4.79 Å². The van der Waals surface area contributed by atoms with Crippen molar-refractivity contribution in [2.75, 3.05) is 18.5 Å². The Kier molecular flexibility index (Phi) is 4.46. The molecule has 1 aromatic heterocycles. The van der Waals surface area contributed by atoms with Gasteiger partial charge in [0, 0.05) is 19.0 Å². The Morgan fingerprint density at radius 2 is 2.19 bits per heavy atom. The molecule has 1 aromatic rings. The molecular weight excluding hydrogens is 266 g/mol. The number of hydrogen-bond donors (Lipinski definition) is 2. The molecule has 6 nitrogen and oxygen atoms in total. The third-order valence-corrected chi connectivity index (χ3v) is 3.87. The van der Waals surface area contributed by atoms with E-state index in [2.05, 4.69) is 29.2 Å². The number of hydrogen-bond acceptors (Lipinski definition) is 5. The lowest BCUT2D eigenvalue weighted by Gasteiger charge is -2.38. The van der Waals surface area contributed by atoms with Gasteiger partial charge < -0.3 is 10.3 Å². The zero-order valence-corrected chi connectivity index (χ0v) is 13.3. The zero-order chi connectivity index (χ0) is 15.6. The van der Waals surface area contributed by atoms with Crippen LogP contribution < -0.4 is 11.3 Å². The molecular formula is C15H25N5O. The second-order valence-corrected chi connectivity index (χ2v) is 6.78. The summed E-state index contributed by atoms with van der Waals surface area (Å²) in [6.45, 7) is 9.90. The van der Waals surface area contributed by atoms with E-state index in [1.807, 2.05) is 18.7 Å². The lowest BCUT2D eigenvalue weighted by atomic mass is 9.84. The molecule has 2 rings (SSSR count). The van der Waals surface area contributed by atoms with Gasteiger partial charge in [-0.15, -0.1) is 0 Å². The number of nitrogens with zero attached hydrogens (tertiary/aromatic N) is 3. The van der Waals surface area contributed by atoms with Gasteiger partial charge in [-0.05, 0) is 18.3 Å². The van der Waals surface area contributed by atoms with Crippen LogP contribution >= 0.6 is 0 Å². The summed E-state index contributed by atoms with van der Waals surface area (Å²) < 4.78 is 0. The lowest BCUT2D eigenvalue weighted by Crippen LogP contribution is -2.44. The molecule has 2 heterocycles. The molecule has 0 unspecified atom stereocenters. The van der Waals surface area contributed by atoms with Gasteiger partial charge in [-0.25, -0.2) is 9.97 Å². The highest BCUT2D eigenvalue weighted by atomic mass is 16.2. The number of nitrogen functional groups attached to an aromatic ring is 1. The molecule has 1 fully saturated rings. The van der Waals surface area contributed by atoms with E-state index in [1.165, 1.54) is 0 Å². The maximum absolute atomic E-state index is 12.8. The normalized spacial score (nSPS) is 17.9. The SMILES string of the molecule is CC(C)c1ncc(NN)c(C(=O)N2CCCC(C)(C)C2)n1. The molecule has 0 aliphatic carbocycles. The van der Waals surface area contributed by atoms with Crippen molar-refractivity contribution in [2.24, 2.45) is 11.3 Å². The largest absolute Gasteiger partial charge is 0.337 e. The highest BCUT2D eigenvalue weighted by Gasteiger charge is 2.31. The molecule has 0 spiro atoms. The summed E-state index contributed by atoms with van der Waals surface area (Å²) in [6.07, 6.45) is 3.75. The van der Waals surface area contributed by atoms with E-state index in [4.69, 9.17) is 5.84 Å². The number of likely N-dealkylation sites (tertiary alicyclic amines) is 1. The Bertz CT molecular complexity index is 527. The number of aromatic nitrogens is 2. The molecule has 0 radical (unpaired) electrons. The minimum Gasteiger partial charge on any atom is -0.337 e. The standard InChI is InChI=1S/C15H25N5O/c1-10(2)13-17-8-11(19-16)12(18-13)14(21)20-7-5-6-15(3,4)9-20/h8,10,19H,5-7,9,16H2,1-4H3. The van der Waals surface area contributed by atoms with Crippen LogP contribution in [0, 0.1) is 5.41 Å². The van der Waals surface area contributed by atoms with Gasteiger partial charge in [0.1, 0.15) is 5.82 Å². The summed E-state index contributed by atoms with van der Waals surface area (Å²) in [5.74, 6) is 6.26. The Morgan fingerprint density at radius 3 is 2.76 bits per heavy atom. The first kappa shape index (κ1) is 15.7. The molecule has 116 valence electrons. The summed E-state index contributed by atoms with van der Waals surface area (Å²) in [5.41, 5.74) is 3.53. The van der Waals surface area contributed by atoms with E-state index in [0.29, 0.717) is 17.2 Å². The number of rotatable bonds is 3. The molecule has 0 atom stereocenters. The van der Waals surface area contributed by atoms with Crippen LogP contribution in [0.3, 0.4) is 0 Å². The topological polar surface area (TPSA) is 84.1 Å². The predicted molar refractivity (Wildman–Crippen MR) is 82.8 cm³/mol. The molecule has 1 amide bonds. The first-order valence-corrected chi connectivity index (χ1v) is 7.47. The molecule has 6 heteroatoms. The van der Waals surface area contributed by atoms with Gasteiger partial charge in [-0.3, -0.25) is 10.6 Å². The molecule has 0 bridgehead atoms. The highest BCUT2D eigenvalue weighted by molar-refractivity contribution is 5.97. The highest BCUT2D eigenvalue weighted by Crippen LogP contribution is 2.29. The molecule has 1 aliphatic heterocycles. The van der Waals surface area contributed by atoms with Gasteiger partial charge in [0.2, 0.25) is 0 Å². The van der Waals surface area contributed by atoms with Gasteiger partial charge in [0.25, 0.3) is 5.91 Å². The van der Waals surface area contributed by atoms with E-state index >= 15 is 0 Å². The zero-order valence-electron chi connectivity index (χ0n) is 13.3. The molecule has 1 saturated heterocycles. The second-order valence-electron chi connectivity index (χ2n) is 6.78. The summed E-state index contributed by atoms with van der Waals surface area (Å²) in [5, 5.41) is 0. The van der Waals surface area contributed by atoms with Crippen molar-refractivity contribution < 1.29 is 4.79 Å². The number of nitrogens with two attached hydrogens (primary N) is 1. The Morgan fingerprint density at radius 1 is 1.48 bits per heavy atom. The average Bonchev–Trinajstić information content (AvgIpc) is 2.44. The number of hydrazine groups is 1. The lowest BCUT2D eigenvalue weighted by molar-refractivity contribution is 0.0578. The first-order chi connectivity index (χ1) is 9.84. The van der Waals surface area contributed by atoms with Crippen LogP contribution in [0.2, 0.25) is 0 Å².